The molecule has 0 aliphatic heterocycles. The van der Waals surface area contributed by atoms with Crippen LogP contribution in [0, 0.1) is 6.92 Å². The lowest BCUT2D eigenvalue weighted by Gasteiger charge is -2.11. The maximum atomic E-state index is 9.33. The number of aliphatic hydroxyl groups is 1. The Morgan fingerprint density at radius 3 is 2.70 bits per heavy atom. The monoisotopic (exact) mass is 267 g/mol. The zero-order valence-corrected chi connectivity index (χ0v) is 11.4. The summed E-state index contributed by atoms with van der Waals surface area (Å²) in [5, 5.41) is 9.33. The van der Waals surface area contributed by atoms with Crippen molar-refractivity contribution in [2.45, 2.75) is 13.5 Å². The van der Waals surface area contributed by atoms with Gasteiger partial charge < -0.3 is 15.4 Å². The van der Waals surface area contributed by atoms with Crippen LogP contribution in [0.5, 0.6) is 0 Å². The first-order valence-electron chi connectivity index (χ1n) is 6.64. The number of aliphatic hydroxyl groups excluding tert-OH is 1. The maximum Gasteiger partial charge on any atom is 0.143 e. The van der Waals surface area contributed by atoms with E-state index in [0.29, 0.717) is 12.2 Å². The van der Waals surface area contributed by atoms with Gasteiger partial charge in [-0.1, -0.05) is 24.3 Å². The maximum absolute atomic E-state index is 9.33. The molecule has 4 heteroatoms. The first-order chi connectivity index (χ1) is 9.72. The van der Waals surface area contributed by atoms with Crippen LogP contribution >= 0.6 is 0 Å². The molecule has 4 nitrogen and oxygen atoms in total. The Kier molecular flexibility index (Phi) is 3.16. The second kappa shape index (κ2) is 4.98. The second-order valence-corrected chi connectivity index (χ2v) is 4.84. The number of para-hydroxylation sites is 2. The molecule has 0 saturated heterocycles. The zero-order valence-electron chi connectivity index (χ0n) is 11.4. The molecule has 0 amide bonds. The van der Waals surface area contributed by atoms with E-state index in [9.17, 15) is 5.11 Å². The number of benzene rings is 2. The lowest BCUT2D eigenvalue weighted by molar-refractivity contribution is 0.278. The predicted octanol–water partition coefficient (Wildman–Crippen LogP) is 2.59. The van der Waals surface area contributed by atoms with Gasteiger partial charge in [0.2, 0.25) is 0 Å². The molecule has 102 valence electrons. The average molecular weight is 267 g/mol. The van der Waals surface area contributed by atoms with Crippen molar-refractivity contribution in [1.29, 1.82) is 0 Å². The number of hydrogen-bond acceptors (Lipinski definition) is 3. The fourth-order valence-electron chi connectivity index (χ4n) is 2.59. The number of aryl methyl sites for hydroxylation is 1. The number of hydrogen-bond donors (Lipinski definition) is 2. The highest BCUT2D eigenvalue weighted by molar-refractivity contribution is 5.84. The smallest absolute Gasteiger partial charge is 0.143 e. The number of imidazole rings is 1. The van der Waals surface area contributed by atoms with Crippen LogP contribution < -0.4 is 5.73 Å². The van der Waals surface area contributed by atoms with Crippen molar-refractivity contribution in [2.75, 3.05) is 12.3 Å². The molecule has 3 rings (SSSR count). The summed E-state index contributed by atoms with van der Waals surface area (Å²) >= 11 is 0. The molecule has 0 spiro atoms. The summed E-state index contributed by atoms with van der Waals surface area (Å²) in [6.45, 7) is 2.59. The number of aromatic nitrogens is 2. The molecule has 20 heavy (non-hydrogen) atoms. The average Bonchev–Trinajstić information content (AvgIpc) is 2.78. The molecule has 1 heterocycles. The molecule has 0 fully saturated rings. The van der Waals surface area contributed by atoms with Crippen LogP contribution in [0.2, 0.25) is 0 Å². The van der Waals surface area contributed by atoms with Crippen molar-refractivity contribution in [2.24, 2.45) is 0 Å². The van der Waals surface area contributed by atoms with E-state index in [1.165, 1.54) is 0 Å². The zero-order chi connectivity index (χ0) is 14.1. The third-order valence-electron chi connectivity index (χ3n) is 3.51. The molecule has 0 bridgehead atoms. The summed E-state index contributed by atoms with van der Waals surface area (Å²) in [6.07, 6.45) is 0. The number of nitrogen functional groups attached to an aromatic ring is 1. The third-order valence-corrected chi connectivity index (χ3v) is 3.51. The van der Waals surface area contributed by atoms with Gasteiger partial charge in [-0.25, -0.2) is 4.98 Å². The van der Waals surface area contributed by atoms with E-state index in [2.05, 4.69) is 0 Å². The van der Waals surface area contributed by atoms with Crippen LogP contribution in [0.25, 0.3) is 22.4 Å². The normalized spacial score (nSPS) is 11.1. The van der Waals surface area contributed by atoms with E-state index in [1.807, 2.05) is 54.0 Å². The molecule has 0 aliphatic rings. The van der Waals surface area contributed by atoms with Crippen LogP contribution in [-0.4, -0.2) is 21.3 Å². The SMILES string of the molecule is Cc1cccc(N)c1-c1nc2ccccc2n1CCO. The second-order valence-electron chi connectivity index (χ2n) is 4.84. The van der Waals surface area contributed by atoms with Crippen molar-refractivity contribution in [3.8, 4) is 11.4 Å². The topological polar surface area (TPSA) is 64.1 Å². The highest BCUT2D eigenvalue weighted by Crippen LogP contribution is 2.31. The minimum atomic E-state index is 0.0686. The van der Waals surface area contributed by atoms with Gasteiger partial charge in [-0.05, 0) is 30.7 Å². The van der Waals surface area contributed by atoms with E-state index in [4.69, 9.17) is 10.7 Å². The first-order valence-corrected chi connectivity index (χ1v) is 6.64. The minimum Gasteiger partial charge on any atom is -0.398 e. The molecule has 0 saturated carbocycles. The number of fused-ring (bicyclic) bond motifs is 1. The Balaban J connectivity index is 2.33. The van der Waals surface area contributed by atoms with Crippen LogP contribution in [0.15, 0.2) is 42.5 Å². The molecule has 3 aromatic rings. The summed E-state index contributed by atoms with van der Waals surface area (Å²) in [6, 6.07) is 13.8. The molecule has 3 N–H and O–H groups in total. The van der Waals surface area contributed by atoms with Crippen molar-refractivity contribution in [1.82, 2.24) is 9.55 Å². The van der Waals surface area contributed by atoms with E-state index in [0.717, 1.165) is 28.0 Å². The largest absolute Gasteiger partial charge is 0.398 e. The molecular formula is C16H17N3O. The Hall–Kier alpha value is -2.33. The Morgan fingerprint density at radius 2 is 1.95 bits per heavy atom. The van der Waals surface area contributed by atoms with Gasteiger partial charge in [-0.2, -0.15) is 0 Å². The first kappa shape index (κ1) is 12.7. The highest BCUT2D eigenvalue weighted by Gasteiger charge is 2.15. The van der Waals surface area contributed by atoms with Crippen LogP contribution in [0.4, 0.5) is 5.69 Å². The molecular weight excluding hydrogens is 250 g/mol. The van der Waals surface area contributed by atoms with Gasteiger partial charge in [0.1, 0.15) is 5.82 Å². The number of nitrogens with two attached hydrogens (primary N) is 1. The van der Waals surface area contributed by atoms with Crippen molar-refractivity contribution < 1.29 is 5.11 Å². The van der Waals surface area contributed by atoms with Crippen LogP contribution in [-0.2, 0) is 6.54 Å². The standard InChI is InChI=1S/C16H17N3O/c1-11-5-4-6-12(17)15(11)16-18-13-7-2-3-8-14(13)19(16)9-10-20/h2-8,20H,9-10,17H2,1H3. The predicted molar refractivity (Wildman–Crippen MR) is 81.4 cm³/mol. The molecule has 0 atom stereocenters. The van der Waals surface area contributed by atoms with Crippen LogP contribution in [0.3, 0.4) is 0 Å². The lowest BCUT2D eigenvalue weighted by Crippen LogP contribution is -2.06. The lowest BCUT2D eigenvalue weighted by atomic mass is 10.1. The number of nitrogens with zero attached hydrogens (tertiary/aromatic N) is 2. The Labute approximate surface area is 117 Å². The number of anilines is 1. The van der Waals surface area contributed by atoms with Gasteiger partial charge in [-0.3, -0.25) is 0 Å². The van der Waals surface area contributed by atoms with Crippen molar-refractivity contribution in [3.05, 3.63) is 48.0 Å². The Bertz CT molecular complexity index is 741. The van der Waals surface area contributed by atoms with Gasteiger partial charge in [0.25, 0.3) is 0 Å². The fourth-order valence-corrected chi connectivity index (χ4v) is 2.59. The van der Waals surface area contributed by atoms with Gasteiger partial charge >= 0.3 is 0 Å². The van der Waals surface area contributed by atoms with Crippen LogP contribution in [0.1, 0.15) is 5.56 Å². The van der Waals surface area contributed by atoms with Crippen molar-refractivity contribution in [3.63, 3.8) is 0 Å². The molecule has 0 unspecified atom stereocenters. The van der Waals surface area contributed by atoms with E-state index in [-0.39, 0.29) is 6.61 Å². The minimum absolute atomic E-state index is 0.0686. The van der Waals surface area contributed by atoms with Gasteiger partial charge in [0.05, 0.1) is 17.6 Å². The van der Waals surface area contributed by atoms with Gasteiger partial charge in [0, 0.05) is 17.8 Å². The van der Waals surface area contributed by atoms with E-state index < -0.39 is 0 Å². The molecule has 2 aromatic carbocycles. The summed E-state index contributed by atoms with van der Waals surface area (Å²) in [5.74, 6) is 0.816. The van der Waals surface area contributed by atoms with Crippen molar-refractivity contribution >= 4 is 16.7 Å². The number of rotatable bonds is 3. The van der Waals surface area contributed by atoms with E-state index >= 15 is 0 Å². The van der Waals surface area contributed by atoms with E-state index in [1.54, 1.807) is 0 Å². The summed E-state index contributed by atoms with van der Waals surface area (Å²) in [4.78, 5) is 4.70. The fraction of sp³-hybridized carbons (Fsp3) is 0.188. The van der Waals surface area contributed by atoms with Gasteiger partial charge in [0.15, 0.2) is 0 Å². The van der Waals surface area contributed by atoms with Gasteiger partial charge in [-0.15, -0.1) is 0 Å². The molecule has 0 radical (unpaired) electrons. The third kappa shape index (κ3) is 1.94. The quantitative estimate of drug-likeness (QED) is 0.717. The summed E-state index contributed by atoms with van der Waals surface area (Å²) in [5.41, 5.74) is 10.8. The Morgan fingerprint density at radius 1 is 1.15 bits per heavy atom. The summed E-state index contributed by atoms with van der Waals surface area (Å²) in [7, 11) is 0. The summed E-state index contributed by atoms with van der Waals surface area (Å²) < 4.78 is 2.02. The molecule has 1 aromatic heterocycles. The highest BCUT2D eigenvalue weighted by atomic mass is 16.3. The molecule has 0 aliphatic carbocycles.